The Balaban J connectivity index is 1.83. The number of anilines is 1. The van der Waals surface area contributed by atoms with Crippen LogP contribution in [0.3, 0.4) is 0 Å². The van der Waals surface area contributed by atoms with Crippen molar-refractivity contribution in [1.82, 2.24) is 18.8 Å². The lowest BCUT2D eigenvalue weighted by atomic mass is 10.3. The predicted molar refractivity (Wildman–Crippen MR) is 124 cm³/mol. The van der Waals surface area contributed by atoms with Gasteiger partial charge in [-0.25, -0.2) is 22.7 Å². The molecule has 8 nitrogen and oxygen atoms in total. The number of benzene rings is 1. The van der Waals surface area contributed by atoms with Gasteiger partial charge in [-0.3, -0.25) is 4.79 Å². The van der Waals surface area contributed by atoms with E-state index in [0.29, 0.717) is 21.5 Å². The van der Waals surface area contributed by atoms with E-state index < -0.39 is 10.0 Å². The van der Waals surface area contributed by atoms with Gasteiger partial charge in [-0.15, -0.1) is 0 Å². The lowest BCUT2D eigenvalue weighted by Gasteiger charge is -2.11. The number of nitrogens with one attached hydrogen (secondary N) is 1. The van der Waals surface area contributed by atoms with Gasteiger partial charge in [0.2, 0.25) is 15.9 Å². The van der Waals surface area contributed by atoms with Crippen molar-refractivity contribution in [3.05, 3.63) is 41.6 Å². The van der Waals surface area contributed by atoms with Gasteiger partial charge < -0.3 is 9.88 Å². The molecule has 1 N–H and O–H groups in total. The van der Waals surface area contributed by atoms with Crippen molar-refractivity contribution in [3.63, 3.8) is 0 Å². The predicted octanol–water partition coefficient (Wildman–Crippen LogP) is 3.87. The Hall–Kier alpha value is -2.14. The van der Waals surface area contributed by atoms with Crippen LogP contribution in [0.5, 0.6) is 0 Å². The van der Waals surface area contributed by atoms with Gasteiger partial charge in [-0.05, 0) is 36.8 Å². The minimum Gasteiger partial charge on any atom is -0.319 e. The van der Waals surface area contributed by atoms with Gasteiger partial charge >= 0.3 is 0 Å². The third-order valence-electron chi connectivity index (χ3n) is 4.53. The number of nitrogens with zero attached hydrogens (tertiary/aromatic N) is 4. The normalized spacial score (nSPS) is 11.9. The molecule has 0 aliphatic heterocycles. The molecule has 0 aliphatic carbocycles. The van der Waals surface area contributed by atoms with Crippen LogP contribution in [0.4, 0.5) is 5.82 Å². The molecule has 0 saturated carbocycles. The standard InChI is InChI=1S/C20H24ClN5O3S2/c1-4-5-10-26-17-8-7-15(31(28,29)25(2)3)11-16(17)23-20(26)30-13-19(27)24-18-9-6-14(21)12-22-18/h6-9,11-12H,4-5,10,13H2,1-3H3,(H,22,24,27). The Labute approximate surface area is 191 Å². The number of rotatable bonds is 9. The summed E-state index contributed by atoms with van der Waals surface area (Å²) < 4.78 is 28.1. The van der Waals surface area contributed by atoms with Gasteiger partial charge in [0.25, 0.3) is 0 Å². The molecule has 3 rings (SSSR count). The number of hydrogen-bond acceptors (Lipinski definition) is 6. The van der Waals surface area contributed by atoms with Gasteiger partial charge in [0, 0.05) is 26.8 Å². The molecule has 0 spiro atoms. The first-order chi connectivity index (χ1) is 14.7. The number of aromatic nitrogens is 3. The van der Waals surface area contributed by atoms with E-state index in [4.69, 9.17) is 11.6 Å². The molecule has 166 valence electrons. The molecule has 3 aromatic rings. The monoisotopic (exact) mass is 481 g/mol. The Morgan fingerprint density at radius 2 is 2.03 bits per heavy atom. The maximum atomic E-state index is 12.5. The molecular weight excluding hydrogens is 458 g/mol. The number of hydrogen-bond donors (Lipinski definition) is 1. The topological polar surface area (TPSA) is 97.2 Å². The van der Waals surface area contributed by atoms with E-state index in [-0.39, 0.29) is 16.6 Å². The largest absolute Gasteiger partial charge is 0.319 e. The van der Waals surface area contributed by atoms with Gasteiger partial charge in [0.1, 0.15) is 5.82 Å². The second-order valence-electron chi connectivity index (χ2n) is 7.04. The van der Waals surface area contributed by atoms with Crippen molar-refractivity contribution in [1.29, 1.82) is 0 Å². The Morgan fingerprint density at radius 3 is 2.68 bits per heavy atom. The zero-order chi connectivity index (χ0) is 22.6. The Kier molecular flexibility index (Phi) is 7.58. The first kappa shape index (κ1) is 23.5. The molecule has 0 atom stereocenters. The third-order valence-corrected chi connectivity index (χ3v) is 7.54. The number of fused-ring (bicyclic) bond motifs is 1. The maximum Gasteiger partial charge on any atom is 0.242 e. The quantitative estimate of drug-likeness (QED) is 0.466. The van der Waals surface area contributed by atoms with Gasteiger partial charge in [0.05, 0.1) is 26.7 Å². The average Bonchev–Trinajstić information content (AvgIpc) is 3.09. The number of unbranched alkanes of at least 4 members (excludes halogenated alkanes) is 1. The minimum absolute atomic E-state index is 0.141. The summed E-state index contributed by atoms with van der Waals surface area (Å²) in [5, 5.41) is 3.89. The van der Waals surface area contributed by atoms with Crippen LogP contribution >= 0.6 is 23.4 Å². The molecule has 0 aliphatic rings. The van der Waals surface area contributed by atoms with E-state index in [0.717, 1.165) is 24.9 Å². The number of amides is 1. The van der Waals surface area contributed by atoms with Crippen LogP contribution in [0.25, 0.3) is 11.0 Å². The molecule has 11 heteroatoms. The highest BCUT2D eigenvalue weighted by Gasteiger charge is 2.20. The van der Waals surface area contributed by atoms with Crippen LogP contribution in [0.1, 0.15) is 19.8 Å². The second-order valence-corrected chi connectivity index (χ2v) is 10.6. The fourth-order valence-corrected chi connectivity index (χ4v) is 4.73. The van der Waals surface area contributed by atoms with Crippen molar-refractivity contribution in [3.8, 4) is 0 Å². The molecule has 0 fully saturated rings. The number of imidazole rings is 1. The zero-order valence-corrected chi connectivity index (χ0v) is 19.9. The summed E-state index contributed by atoms with van der Waals surface area (Å²) in [6.07, 6.45) is 3.41. The van der Waals surface area contributed by atoms with E-state index in [1.54, 1.807) is 30.3 Å². The molecule has 1 aromatic carbocycles. The molecular formula is C20H24ClN5O3S2. The van der Waals surface area contributed by atoms with Crippen molar-refractivity contribution < 1.29 is 13.2 Å². The molecule has 0 saturated heterocycles. The first-order valence-electron chi connectivity index (χ1n) is 9.69. The van der Waals surface area contributed by atoms with Crippen LogP contribution in [-0.2, 0) is 21.4 Å². The fraction of sp³-hybridized carbons (Fsp3) is 0.350. The smallest absolute Gasteiger partial charge is 0.242 e. The zero-order valence-electron chi connectivity index (χ0n) is 17.5. The Bertz CT molecular complexity index is 1180. The minimum atomic E-state index is -3.56. The SMILES string of the molecule is CCCCn1c(SCC(=O)Nc2ccc(Cl)cn2)nc2cc(S(=O)(=O)N(C)C)ccc21. The van der Waals surface area contributed by atoms with Crippen LogP contribution in [0.15, 0.2) is 46.6 Å². The van der Waals surface area contributed by atoms with Crippen LogP contribution in [0, 0.1) is 0 Å². The molecule has 2 heterocycles. The summed E-state index contributed by atoms with van der Waals surface area (Å²) in [5.41, 5.74) is 1.43. The first-order valence-corrected chi connectivity index (χ1v) is 12.5. The third kappa shape index (κ3) is 5.57. The Morgan fingerprint density at radius 1 is 1.26 bits per heavy atom. The number of carbonyl (C=O) groups is 1. The maximum absolute atomic E-state index is 12.5. The number of sulfonamides is 1. The number of aryl methyl sites for hydroxylation is 1. The van der Waals surface area contributed by atoms with Crippen molar-refractivity contribution in [2.45, 2.75) is 36.4 Å². The van der Waals surface area contributed by atoms with Gasteiger partial charge in [-0.1, -0.05) is 36.7 Å². The van der Waals surface area contributed by atoms with E-state index in [1.165, 1.54) is 36.4 Å². The molecule has 0 radical (unpaired) electrons. The lowest BCUT2D eigenvalue weighted by molar-refractivity contribution is -0.113. The summed E-state index contributed by atoms with van der Waals surface area (Å²) >= 11 is 7.11. The number of carbonyl (C=O) groups excluding carboxylic acids is 1. The van der Waals surface area contributed by atoms with Crippen LogP contribution in [0.2, 0.25) is 5.02 Å². The summed E-state index contributed by atoms with van der Waals surface area (Å²) in [7, 11) is -0.566. The molecule has 2 aromatic heterocycles. The fourth-order valence-electron chi connectivity index (χ4n) is 2.86. The van der Waals surface area contributed by atoms with Crippen LogP contribution in [-0.4, -0.2) is 53.0 Å². The lowest BCUT2D eigenvalue weighted by Crippen LogP contribution is -2.22. The molecule has 0 bridgehead atoms. The van der Waals surface area contributed by atoms with Crippen molar-refractivity contribution in [2.75, 3.05) is 25.2 Å². The molecule has 0 unspecified atom stereocenters. The van der Waals surface area contributed by atoms with Crippen molar-refractivity contribution >= 4 is 56.1 Å². The van der Waals surface area contributed by atoms with E-state index >= 15 is 0 Å². The van der Waals surface area contributed by atoms with Gasteiger partial charge in [0.15, 0.2) is 5.16 Å². The summed E-state index contributed by atoms with van der Waals surface area (Å²) in [6.45, 7) is 2.83. The molecule has 31 heavy (non-hydrogen) atoms. The van der Waals surface area contributed by atoms with Crippen LogP contribution < -0.4 is 5.32 Å². The second kappa shape index (κ2) is 9.99. The summed E-state index contributed by atoms with van der Waals surface area (Å²) in [5.74, 6) is 0.348. The van der Waals surface area contributed by atoms with Gasteiger partial charge in [-0.2, -0.15) is 0 Å². The van der Waals surface area contributed by atoms with E-state index in [1.807, 2.05) is 4.57 Å². The number of halogens is 1. The summed E-state index contributed by atoms with van der Waals surface area (Å²) in [6, 6.07) is 8.23. The molecule has 1 amide bonds. The van der Waals surface area contributed by atoms with Crippen molar-refractivity contribution in [2.24, 2.45) is 0 Å². The number of pyridine rings is 1. The highest BCUT2D eigenvalue weighted by Crippen LogP contribution is 2.27. The average molecular weight is 482 g/mol. The van der Waals surface area contributed by atoms with E-state index in [9.17, 15) is 13.2 Å². The highest BCUT2D eigenvalue weighted by atomic mass is 35.5. The summed E-state index contributed by atoms with van der Waals surface area (Å²) in [4.78, 5) is 21.2. The van der Waals surface area contributed by atoms with E-state index in [2.05, 4.69) is 22.2 Å². The number of thioether (sulfide) groups is 1. The highest BCUT2D eigenvalue weighted by molar-refractivity contribution is 7.99.